The number of hydrogen-bond acceptors (Lipinski definition) is 4. The summed E-state index contributed by atoms with van der Waals surface area (Å²) >= 11 is 0. The summed E-state index contributed by atoms with van der Waals surface area (Å²) in [6.07, 6.45) is 5.56. The lowest BCUT2D eigenvalue weighted by molar-refractivity contribution is 0.0697. The summed E-state index contributed by atoms with van der Waals surface area (Å²) in [5, 5.41) is 9.21. The van der Waals surface area contributed by atoms with E-state index in [1.807, 2.05) is 11.9 Å². The second-order valence-electron chi connectivity index (χ2n) is 5.00. The first-order chi connectivity index (χ1) is 9.13. The first-order valence-electron chi connectivity index (χ1n) is 6.76. The molecule has 5 nitrogen and oxygen atoms in total. The Labute approximate surface area is 113 Å². The van der Waals surface area contributed by atoms with E-state index in [-0.39, 0.29) is 0 Å². The Morgan fingerprint density at radius 2 is 2.42 bits per heavy atom. The lowest BCUT2D eigenvalue weighted by atomic mass is 10.1. The zero-order valence-corrected chi connectivity index (χ0v) is 11.5. The molecule has 0 aliphatic carbocycles. The summed E-state index contributed by atoms with van der Waals surface area (Å²) in [5.74, 6) is -0.900. The lowest BCUT2D eigenvalue weighted by Crippen LogP contribution is -2.39. The molecule has 1 atom stereocenters. The van der Waals surface area contributed by atoms with Crippen LogP contribution in [0.2, 0.25) is 0 Å². The van der Waals surface area contributed by atoms with Gasteiger partial charge < -0.3 is 10.0 Å². The van der Waals surface area contributed by atoms with Crippen LogP contribution in [0, 0.1) is 0 Å². The summed E-state index contributed by atoms with van der Waals surface area (Å²) in [6.45, 7) is 5.22. The molecule has 0 bridgehead atoms. The molecule has 1 aromatic rings. The van der Waals surface area contributed by atoms with E-state index in [0.29, 0.717) is 17.3 Å². The van der Waals surface area contributed by atoms with Gasteiger partial charge in [0.05, 0.1) is 17.4 Å². The van der Waals surface area contributed by atoms with Gasteiger partial charge in [-0.1, -0.05) is 6.92 Å². The second kappa shape index (κ2) is 6.02. The molecule has 1 aliphatic heterocycles. The van der Waals surface area contributed by atoms with Crippen LogP contribution in [0.4, 0.5) is 5.69 Å². The van der Waals surface area contributed by atoms with E-state index < -0.39 is 5.97 Å². The van der Waals surface area contributed by atoms with Crippen molar-refractivity contribution in [2.45, 2.75) is 25.8 Å². The second-order valence-corrected chi connectivity index (χ2v) is 5.00. The maximum atomic E-state index is 11.2. The van der Waals surface area contributed by atoms with E-state index in [2.05, 4.69) is 16.8 Å². The van der Waals surface area contributed by atoms with Crippen LogP contribution in [0.3, 0.4) is 0 Å². The van der Waals surface area contributed by atoms with Gasteiger partial charge in [0.1, 0.15) is 0 Å². The van der Waals surface area contributed by atoms with Crippen LogP contribution in [-0.4, -0.2) is 53.7 Å². The van der Waals surface area contributed by atoms with Crippen molar-refractivity contribution >= 4 is 11.7 Å². The maximum absolute atomic E-state index is 11.2. The number of carboxylic acid groups (broad SMARTS) is 1. The standard InChI is InChI=1S/C14H21N3O2/c1-3-17-8-4-5-11(17)10-16(2)13-9-15-7-6-12(13)14(18)19/h6-7,9,11H,3-5,8,10H2,1-2H3,(H,18,19). The number of carbonyl (C=O) groups is 1. The van der Waals surface area contributed by atoms with E-state index in [9.17, 15) is 9.90 Å². The highest BCUT2D eigenvalue weighted by Crippen LogP contribution is 2.22. The number of aromatic carboxylic acids is 1. The molecule has 1 aromatic heterocycles. The van der Waals surface area contributed by atoms with Crippen molar-refractivity contribution in [2.75, 3.05) is 31.6 Å². The molecule has 2 rings (SSSR count). The van der Waals surface area contributed by atoms with Crippen molar-refractivity contribution < 1.29 is 9.90 Å². The summed E-state index contributed by atoms with van der Waals surface area (Å²) in [6, 6.07) is 2.07. The summed E-state index contributed by atoms with van der Waals surface area (Å²) in [5.41, 5.74) is 1.01. The van der Waals surface area contributed by atoms with Gasteiger partial charge in [0.15, 0.2) is 0 Å². The molecular formula is C14H21N3O2. The summed E-state index contributed by atoms with van der Waals surface area (Å²) in [7, 11) is 1.94. The third-order valence-corrected chi connectivity index (χ3v) is 3.83. The van der Waals surface area contributed by atoms with E-state index in [1.165, 1.54) is 19.0 Å². The average Bonchev–Trinajstić information content (AvgIpc) is 2.85. The maximum Gasteiger partial charge on any atom is 0.337 e. The van der Waals surface area contributed by atoms with E-state index >= 15 is 0 Å². The molecule has 0 radical (unpaired) electrons. The minimum Gasteiger partial charge on any atom is -0.478 e. The van der Waals surface area contributed by atoms with Crippen molar-refractivity contribution in [3.8, 4) is 0 Å². The molecule has 1 saturated heterocycles. The monoisotopic (exact) mass is 263 g/mol. The smallest absolute Gasteiger partial charge is 0.337 e. The Hall–Kier alpha value is -1.62. The molecule has 0 aromatic carbocycles. The quantitative estimate of drug-likeness (QED) is 0.876. The summed E-state index contributed by atoms with van der Waals surface area (Å²) in [4.78, 5) is 19.7. The van der Waals surface area contributed by atoms with Gasteiger partial charge in [0, 0.05) is 25.8 Å². The zero-order chi connectivity index (χ0) is 13.8. The molecule has 0 spiro atoms. The van der Waals surface area contributed by atoms with Gasteiger partial charge in [-0.15, -0.1) is 0 Å². The predicted molar refractivity (Wildman–Crippen MR) is 74.7 cm³/mol. The van der Waals surface area contributed by atoms with Crippen LogP contribution in [0.25, 0.3) is 0 Å². The number of likely N-dealkylation sites (tertiary alicyclic amines) is 1. The van der Waals surface area contributed by atoms with E-state index in [1.54, 1.807) is 12.3 Å². The van der Waals surface area contributed by atoms with Crippen molar-refractivity contribution in [1.29, 1.82) is 0 Å². The first-order valence-corrected chi connectivity index (χ1v) is 6.76. The largest absolute Gasteiger partial charge is 0.478 e. The normalized spacial score (nSPS) is 19.6. The van der Waals surface area contributed by atoms with Gasteiger partial charge in [-0.05, 0) is 32.0 Å². The van der Waals surface area contributed by atoms with E-state index in [0.717, 1.165) is 19.6 Å². The van der Waals surface area contributed by atoms with Crippen LogP contribution in [0.1, 0.15) is 30.1 Å². The Morgan fingerprint density at radius 1 is 1.63 bits per heavy atom. The Morgan fingerprint density at radius 3 is 3.11 bits per heavy atom. The van der Waals surface area contributed by atoms with Crippen molar-refractivity contribution in [2.24, 2.45) is 0 Å². The number of rotatable bonds is 5. The van der Waals surface area contributed by atoms with Crippen LogP contribution in [0.15, 0.2) is 18.5 Å². The van der Waals surface area contributed by atoms with Gasteiger partial charge >= 0.3 is 5.97 Å². The number of hydrogen-bond donors (Lipinski definition) is 1. The van der Waals surface area contributed by atoms with Crippen molar-refractivity contribution in [1.82, 2.24) is 9.88 Å². The molecule has 5 heteroatoms. The Kier molecular flexibility index (Phi) is 4.37. The predicted octanol–water partition coefficient (Wildman–Crippen LogP) is 1.70. The number of likely N-dealkylation sites (N-methyl/N-ethyl adjacent to an activating group) is 2. The minimum absolute atomic E-state index is 0.318. The van der Waals surface area contributed by atoms with Gasteiger partial charge in [0.2, 0.25) is 0 Å². The highest BCUT2D eigenvalue weighted by molar-refractivity contribution is 5.94. The van der Waals surface area contributed by atoms with Gasteiger partial charge in [-0.2, -0.15) is 0 Å². The molecule has 1 fully saturated rings. The fraction of sp³-hybridized carbons (Fsp3) is 0.571. The molecule has 0 saturated carbocycles. The van der Waals surface area contributed by atoms with Crippen LogP contribution < -0.4 is 4.90 Å². The topological polar surface area (TPSA) is 56.7 Å². The fourth-order valence-corrected chi connectivity index (χ4v) is 2.80. The molecule has 2 heterocycles. The Bertz CT molecular complexity index is 450. The molecular weight excluding hydrogens is 242 g/mol. The first kappa shape index (κ1) is 13.8. The Balaban J connectivity index is 2.11. The third-order valence-electron chi connectivity index (χ3n) is 3.83. The van der Waals surface area contributed by atoms with Gasteiger partial charge in [-0.3, -0.25) is 9.88 Å². The van der Waals surface area contributed by atoms with Gasteiger partial charge in [-0.25, -0.2) is 4.79 Å². The van der Waals surface area contributed by atoms with Crippen LogP contribution >= 0.6 is 0 Å². The number of aromatic nitrogens is 1. The number of carboxylic acids is 1. The average molecular weight is 263 g/mol. The molecule has 19 heavy (non-hydrogen) atoms. The molecule has 1 unspecified atom stereocenters. The van der Waals surface area contributed by atoms with Crippen LogP contribution in [-0.2, 0) is 0 Å². The van der Waals surface area contributed by atoms with Crippen LogP contribution in [0.5, 0.6) is 0 Å². The zero-order valence-electron chi connectivity index (χ0n) is 11.5. The molecule has 0 amide bonds. The third kappa shape index (κ3) is 3.04. The van der Waals surface area contributed by atoms with Gasteiger partial charge in [0.25, 0.3) is 0 Å². The highest BCUT2D eigenvalue weighted by Gasteiger charge is 2.25. The molecule has 1 N–H and O–H groups in total. The number of nitrogens with zero attached hydrogens (tertiary/aromatic N) is 3. The minimum atomic E-state index is -0.900. The number of anilines is 1. The SMILES string of the molecule is CCN1CCCC1CN(C)c1cnccc1C(=O)O. The summed E-state index contributed by atoms with van der Waals surface area (Å²) < 4.78 is 0. The lowest BCUT2D eigenvalue weighted by Gasteiger charge is -2.29. The molecule has 104 valence electrons. The number of pyridine rings is 1. The van der Waals surface area contributed by atoms with Crippen molar-refractivity contribution in [3.05, 3.63) is 24.0 Å². The molecule has 1 aliphatic rings. The van der Waals surface area contributed by atoms with E-state index in [4.69, 9.17) is 0 Å². The fourth-order valence-electron chi connectivity index (χ4n) is 2.80. The van der Waals surface area contributed by atoms with Crippen molar-refractivity contribution in [3.63, 3.8) is 0 Å². The highest BCUT2D eigenvalue weighted by atomic mass is 16.4.